The van der Waals surface area contributed by atoms with Gasteiger partial charge in [-0.1, -0.05) is 12.1 Å². The standard InChI is InChI=1S/C20H24N2O6/c1-11-18(13(3)23)12(2)22-19(11)20(25)27-10-17(24)21-8-14-9-26-15-6-4-5-7-16(15)28-14/h4-7,13-14,22-23H,8-10H2,1-3H3,(H,21,24)/t13-,14-/m1/s1. The Morgan fingerprint density at radius 3 is 2.71 bits per heavy atom. The second kappa shape index (κ2) is 8.35. The van der Waals surface area contributed by atoms with Gasteiger partial charge in [-0.25, -0.2) is 4.79 Å². The minimum Gasteiger partial charge on any atom is -0.486 e. The van der Waals surface area contributed by atoms with Crippen LogP contribution in [0.25, 0.3) is 0 Å². The monoisotopic (exact) mass is 388 g/mol. The fourth-order valence-corrected chi connectivity index (χ4v) is 3.24. The molecule has 0 saturated heterocycles. The van der Waals surface area contributed by atoms with Crippen molar-refractivity contribution in [3.63, 3.8) is 0 Å². The number of rotatable bonds is 6. The van der Waals surface area contributed by atoms with Crippen molar-refractivity contribution in [3.8, 4) is 11.5 Å². The second-order valence-electron chi connectivity index (χ2n) is 6.72. The van der Waals surface area contributed by atoms with Gasteiger partial charge in [0.1, 0.15) is 18.4 Å². The highest BCUT2D eigenvalue weighted by atomic mass is 16.6. The first-order chi connectivity index (χ1) is 13.4. The van der Waals surface area contributed by atoms with Gasteiger partial charge in [-0.3, -0.25) is 4.79 Å². The normalized spacial score (nSPS) is 16.4. The number of H-pyrrole nitrogens is 1. The Balaban J connectivity index is 1.47. The molecule has 2 aromatic rings. The molecule has 0 bridgehead atoms. The number of carbonyl (C=O) groups excluding carboxylic acids is 2. The molecule has 1 aromatic heterocycles. The molecule has 8 nitrogen and oxygen atoms in total. The first-order valence-corrected chi connectivity index (χ1v) is 9.06. The molecular weight excluding hydrogens is 364 g/mol. The van der Waals surface area contributed by atoms with Crippen molar-refractivity contribution >= 4 is 11.9 Å². The van der Waals surface area contributed by atoms with E-state index in [-0.39, 0.29) is 18.3 Å². The number of amides is 1. The molecular formula is C20H24N2O6. The summed E-state index contributed by atoms with van der Waals surface area (Å²) < 4.78 is 16.4. The van der Waals surface area contributed by atoms with E-state index in [9.17, 15) is 14.7 Å². The van der Waals surface area contributed by atoms with Crippen LogP contribution in [0.1, 0.15) is 40.3 Å². The maximum Gasteiger partial charge on any atom is 0.355 e. The minimum absolute atomic E-state index is 0.234. The highest BCUT2D eigenvalue weighted by Gasteiger charge is 2.23. The van der Waals surface area contributed by atoms with Gasteiger partial charge in [-0.15, -0.1) is 0 Å². The van der Waals surface area contributed by atoms with Crippen LogP contribution in [0.4, 0.5) is 0 Å². The predicted octanol–water partition coefficient (Wildman–Crippen LogP) is 1.80. The van der Waals surface area contributed by atoms with Gasteiger partial charge in [0.25, 0.3) is 5.91 Å². The molecule has 3 rings (SSSR count). The lowest BCUT2D eigenvalue weighted by molar-refractivity contribution is -0.124. The van der Waals surface area contributed by atoms with E-state index in [1.165, 1.54) is 0 Å². The molecule has 0 unspecified atom stereocenters. The van der Waals surface area contributed by atoms with Gasteiger partial charge >= 0.3 is 5.97 Å². The fraction of sp³-hybridized carbons (Fsp3) is 0.400. The number of fused-ring (bicyclic) bond motifs is 1. The van der Waals surface area contributed by atoms with Gasteiger partial charge in [-0.2, -0.15) is 0 Å². The second-order valence-corrected chi connectivity index (χ2v) is 6.72. The van der Waals surface area contributed by atoms with Crippen LogP contribution in [0.5, 0.6) is 11.5 Å². The SMILES string of the molecule is Cc1[nH]c(C(=O)OCC(=O)NC[C@@H]2COc3ccccc3O2)c(C)c1[C@@H](C)O. The number of nitrogens with one attached hydrogen (secondary N) is 2. The molecule has 8 heteroatoms. The maximum atomic E-state index is 12.2. The Kier molecular flexibility index (Phi) is 5.89. The molecule has 0 saturated carbocycles. The Bertz CT molecular complexity index is 874. The van der Waals surface area contributed by atoms with Crippen LogP contribution in [-0.4, -0.2) is 47.8 Å². The van der Waals surface area contributed by atoms with Crippen LogP contribution in [0.2, 0.25) is 0 Å². The highest BCUT2D eigenvalue weighted by Crippen LogP contribution is 2.30. The van der Waals surface area contributed by atoms with E-state index in [0.29, 0.717) is 34.9 Å². The molecule has 0 spiro atoms. The summed E-state index contributed by atoms with van der Waals surface area (Å²) in [6.07, 6.45) is -1.03. The predicted molar refractivity (Wildman–Crippen MR) is 101 cm³/mol. The van der Waals surface area contributed by atoms with E-state index >= 15 is 0 Å². The van der Waals surface area contributed by atoms with Crippen LogP contribution in [0, 0.1) is 13.8 Å². The first kappa shape index (κ1) is 19.8. The zero-order valence-corrected chi connectivity index (χ0v) is 16.1. The summed E-state index contributed by atoms with van der Waals surface area (Å²) in [5.74, 6) is 0.222. The summed E-state index contributed by atoms with van der Waals surface area (Å²) in [7, 11) is 0. The molecule has 28 heavy (non-hydrogen) atoms. The van der Waals surface area contributed by atoms with Crippen molar-refractivity contribution in [2.45, 2.75) is 33.0 Å². The number of benzene rings is 1. The van der Waals surface area contributed by atoms with Crippen LogP contribution < -0.4 is 14.8 Å². The summed E-state index contributed by atoms with van der Waals surface area (Å²) >= 11 is 0. The lowest BCUT2D eigenvalue weighted by atomic mass is 10.1. The molecule has 2 atom stereocenters. The van der Waals surface area contributed by atoms with E-state index in [1.807, 2.05) is 18.2 Å². The summed E-state index contributed by atoms with van der Waals surface area (Å²) in [5.41, 5.74) is 2.20. The molecule has 1 aliphatic heterocycles. The number of ether oxygens (including phenoxy) is 3. The number of para-hydroxylation sites is 2. The molecule has 1 aliphatic rings. The highest BCUT2D eigenvalue weighted by molar-refractivity contribution is 5.91. The van der Waals surface area contributed by atoms with Gasteiger partial charge in [0.15, 0.2) is 18.1 Å². The van der Waals surface area contributed by atoms with Crippen LogP contribution in [0.3, 0.4) is 0 Å². The van der Waals surface area contributed by atoms with E-state index < -0.39 is 24.6 Å². The van der Waals surface area contributed by atoms with E-state index in [1.54, 1.807) is 26.8 Å². The summed E-state index contributed by atoms with van der Waals surface area (Å²) in [6, 6.07) is 7.32. The molecule has 3 N–H and O–H groups in total. The van der Waals surface area contributed by atoms with Crippen molar-refractivity contribution in [2.75, 3.05) is 19.8 Å². The quantitative estimate of drug-likeness (QED) is 0.651. The minimum atomic E-state index is -0.705. The third-order valence-electron chi connectivity index (χ3n) is 4.55. The van der Waals surface area contributed by atoms with E-state index in [2.05, 4.69) is 10.3 Å². The number of aliphatic hydroxyl groups is 1. The number of hydrogen-bond acceptors (Lipinski definition) is 6. The molecule has 0 aliphatic carbocycles. The fourth-order valence-electron chi connectivity index (χ4n) is 3.24. The van der Waals surface area contributed by atoms with Crippen molar-refractivity contribution in [3.05, 3.63) is 46.8 Å². The Hall–Kier alpha value is -3.00. The first-order valence-electron chi connectivity index (χ1n) is 9.06. The zero-order chi connectivity index (χ0) is 20.3. The number of hydrogen-bond donors (Lipinski definition) is 3. The molecule has 0 radical (unpaired) electrons. The Morgan fingerprint density at radius 1 is 1.32 bits per heavy atom. The van der Waals surface area contributed by atoms with Crippen LogP contribution >= 0.6 is 0 Å². The van der Waals surface area contributed by atoms with E-state index in [4.69, 9.17) is 14.2 Å². The van der Waals surface area contributed by atoms with E-state index in [0.717, 1.165) is 0 Å². The lowest BCUT2D eigenvalue weighted by Gasteiger charge is -2.26. The Morgan fingerprint density at radius 2 is 2.04 bits per heavy atom. The van der Waals surface area contributed by atoms with Crippen molar-refractivity contribution in [1.82, 2.24) is 10.3 Å². The van der Waals surface area contributed by atoms with Gasteiger partial charge in [0.05, 0.1) is 12.6 Å². The number of carbonyl (C=O) groups is 2. The molecule has 0 fully saturated rings. The maximum absolute atomic E-state index is 12.2. The smallest absolute Gasteiger partial charge is 0.355 e. The molecule has 1 amide bonds. The average molecular weight is 388 g/mol. The van der Waals surface area contributed by atoms with Gasteiger partial charge in [0, 0.05) is 11.3 Å². The topological polar surface area (TPSA) is 110 Å². The summed E-state index contributed by atoms with van der Waals surface area (Å²) in [4.78, 5) is 27.1. The number of aromatic amines is 1. The lowest BCUT2D eigenvalue weighted by Crippen LogP contribution is -2.42. The number of aryl methyl sites for hydroxylation is 1. The number of aliphatic hydroxyl groups excluding tert-OH is 1. The van der Waals surface area contributed by atoms with Gasteiger partial charge in [-0.05, 0) is 38.5 Å². The van der Waals surface area contributed by atoms with Crippen LogP contribution in [0.15, 0.2) is 24.3 Å². The third kappa shape index (κ3) is 4.28. The van der Waals surface area contributed by atoms with Crippen LogP contribution in [-0.2, 0) is 9.53 Å². The average Bonchev–Trinajstić information content (AvgIpc) is 2.98. The Labute approximate surface area is 162 Å². The van der Waals surface area contributed by atoms with Gasteiger partial charge < -0.3 is 29.6 Å². The van der Waals surface area contributed by atoms with Crippen molar-refractivity contribution in [2.24, 2.45) is 0 Å². The third-order valence-corrected chi connectivity index (χ3v) is 4.55. The summed E-state index contributed by atoms with van der Waals surface area (Å²) in [6.45, 7) is 5.26. The van der Waals surface area contributed by atoms with Gasteiger partial charge in [0.2, 0.25) is 0 Å². The number of esters is 1. The van der Waals surface area contributed by atoms with Crippen molar-refractivity contribution in [1.29, 1.82) is 0 Å². The molecule has 150 valence electrons. The number of aromatic nitrogens is 1. The zero-order valence-electron chi connectivity index (χ0n) is 16.1. The largest absolute Gasteiger partial charge is 0.486 e. The molecule has 1 aromatic carbocycles. The molecule has 2 heterocycles. The van der Waals surface area contributed by atoms with Crippen molar-refractivity contribution < 1.29 is 28.9 Å². The summed E-state index contributed by atoms with van der Waals surface area (Å²) in [5, 5.41) is 12.5.